The molecule has 1 aromatic rings. The lowest BCUT2D eigenvalue weighted by atomic mass is 10.1. The van der Waals surface area contributed by atoms with Gasteiger partial charge in [-0.05, 0) is 36.9 Å². The van der Waals surface area contributed by atoms with Crippen LogP contribution in [0.15, 0.2) is 18.2 Å². The molecule has 0 radical (unpaired) electrons. The highest BCUT2D eigenvalue weighted by atomic mass is 32.2. The molecule has 0 saturated heterocycles. The SMILES string of the molecule is CCNC(CSCCCOC)c1cc(OC)ccc1OC. The van der Waals surface area contributed by atoms with Gasteiger partial charge in [-0.2, -0.15) is 11.8 Å². The Morgan fingerprint density at radius 2 is 2.00 bits per heavy atom. The summed E-state index contributed by atoms with van der Waals surface area (Å²) < 4.78 is 15.9. The van der Waals surface area contributed by atoms with E-state index in [4.69, 9.17) is 14.2 Å². The van der Waals surface area contributed by atoms with E-state index in [1.54, 1.807) is 21.3 Å². The summed E-state index contributed by atoms with van der Waals surface area (Å²) in [7, 11) is 5.14. The summed E-state index contributed by atoms with van der Waals surface area (Å²) >= 11 is 1.93. The van der Waals surface area contributed by atoms with E-state index in [0.717, 1.165) is 48.1 Å². The van der Waals surface area contributed by atoms with Crippen LogP contribution in [0.25, 0.3) is 0 Å². The second-order valence-electron chi connectivity index (χ2n) is 4.64. The van der Waals surface area contributed by atoms with E-state index >= 15 is 0 Å². The van der Waals surface area contributed by atoms with Crippen LogP contribution in [0, 0.1) is 0 Å². The molecule has 120 valence electrons. The fourth-order valence-corrected chi connectivity index (χ4v) is 3.15. The molecule has 21 heavy (non-hydrogen) atoms. The summed E-state index contributed by atoms with van der Waals surface area (Å²) in [5, 5.41) is 3.53. The molecule has 1 aromatic carbocycles. The Labute approximate surface area is 132 Å². The maximum absolute atomic E-state index is 5.49. The van der Waals surface area contributed by atoms with Gasteiger partial charge >= 0.3 is 0 Å². The maximum Gasteiger partial charge on any atom is 0.123 e. The molecule has 4 nitrogen and oxygen atoms in total. The first-order valence-corrected chi connectivity index (χ1v) is 8.44. The Morgan fingerprint density at radius 1 is 1.19 bits per heavy atom. The van der Waals surface area contributed by atoms with E-state index in [9.17, 15) is 0 Å². The zero-order valence-electron chi connectivity index (χ0n) is 13.5. The summed E-state index contributed by atoms with van der Waals surface area (Å²) in [6.07, 6.45) is 1.08. The molecule has 0 heterocycles. The predicted octanol–water partition coefficient (Wildman–Crippen LogP) is 3.12. The number of rotatable bonds is 11. The minimum absolute atomic E-state index is 0.257. The standard InChI is InChI=1S/C16H27NO3S/c1-5-17-15(12-21-10-6-9-18-2)14-11-13(19-3)7-8-16(14)20-4/h7-8,11,15,17H,5-6,9-10,12H2,1-4H3. The molecule has 1 rings (SSSR count). The van der Waals surface area contributed by atoms with E-state index in [2.05, 4.69) is 18.3 Å². The Kier molecular flexibility index (Phi) is 9.30. The quantitative estimate of drug-likeness (QED) is 0.636. The number of hydrogen-bond donors (Lipinski definition) is 1. The first-order chi connectivity index (χ1) is 10.3. The van der Waals surface area contributed by atoms with Crippen LogP contribution in [0.5, 0.6) is 11.5 Å². The molecule has 0 fully saturated rings. The number of benzene rings is 1. The number of nitrogens with one attached hydrogen (secondary N) is 1. The van der Waals surface area contributed by atoms with Gasteiger partial charge in [-0.25, -0.2) is 0 Å². The van der Waals surface area contributed by atoms with Gasteiger partial charge in [-0.1, -0.05) is 6.92 Å². The molecule has 0 spiro atoms. The minimum atomic E-state index is 0.257. The molecule has 0 saturated carbocycles. The molecule has 5 heteroatoms. The second-order valence-corrected chi connectivity index (χ2v) is 5.79. The van der Waals surface area contributed by atoms with Crippen molar-refractivity contribution >= 4 is 11.8 Å². The molecule has 1 unspecified atom stereocenters. The Balaban J connectivity index is 2.73. The summed E-state index contributed by atoms with van der Waals surface area (Å²) in [5.41, 5.74) is 1.15. The molecule has 0 amide bonds. The van der Waals surface area contributed by atoms with Crippen LogP contribution < -0.4 is 14.8 Å². The third kappa shape index (κ3) is 6.16. The second kappa shape index (κ2) is 10.8. The molecular formula is C16H27NO3S. The monoisotopic (exact) mass is 313 g/mol. The van der Waals surface area contributed by atoms with Gasteiger partial charge in [0.25, 0.3) is 0 Å². The van der Waals surface area contributed by atoms with Gasteiger partial charge in [-0.15, -0.1) is 0 Å². The molecule has 0 aliphatic heterocycles. The van der Waals surface area contributed by atoms with E-state index in [1.165, 1.54) is 0 Å². The molecule has 1 atom stereocenters. The van der Waals surface area contributed by atoms with Crippen LogP contribution in [-0.2, 0) is 4.74 Å². The third-order valence-corrected chi connectivity index (χ3v) is 4.33. The third-order valence-electron chi connectivity index (χ3n) is 3.18. The number of thioether (sulfide) groups is 1. The maximum atomic E-state index is 5.49. The summed E-state index contributed by atoms with van der Waals surface area (Å²) in [5.74, 6) is 3.86. The highest BCUT2D eigenvalue weighted by Gasteiger charge is 2.16. The molecule has 0 aromatic heterocycles. The van der Waals surface area contributed by atoms with Gasteiger partial charge < -0.3 is 19.5 Å². The van der Waals surface area contributed by atoms with Crippen molar-refractivity contribution in [2.75, 3.05) is 46.0 Å². The van der Waals surface area contributed by atoms with Crippen LogP contribution in [0.4, 0.5) is 0 Å². The molecule has 0 aliphatic carbocycles. The van der Waals surface area contributed by atoms with Crippen LogP contribution in [0.3, 0.4) is 0 Å². The van der Waals surface area contributed by atoms with Crippen molar-refractivity contribution in [1.82, 2.24) is 5.32 Å². The van der Waals surface area contributed by atoms with Gasteiger partial charge in [0.2, 0.25) is 0 Å². The number of ether oxygens (including phenoxy) is 3. The summed E-state index contributed by atoms with van der Waals surface area (Å²) in [6, 6.07) is 6.21. The van der Waals surface area contributed by atoms with Crippen molar-refractivity contribution in [3.8, 4) is 11.5 Å². The van der Waals surface area contributed by atoms with Crippen LogP contribution in [-0.4, -0.2) is 46.0 Å². The van der Waals surface area contributed by atoms with Crippen molar-refractivity contribution in [3.63, 3.8) is 0 Å². The molecule has 0 bridgehead atoms. The fourth-order valence-electron chi connectivity index (χ4n) is 2.12. The van der Waals surface area contributed by atoms with E-state index in [-0.39, 0.29) is 6.04 Å². The van der Waals surface area contributed by atoms with Gasteiger partial charge in [0.1, 0.15) is 11.5 Å². The van der Waals surface area contributed by atoms with E-state index in [0.29, 0.717) is 0 Å². The van der Waals surface area contributed by atoms with Crippen molar-refractivity contribution in [2.45, 2.75) is 19.4 Å². The Hall–Kier alpha value is -0.910. The lowest BCUT2D eigenvalue weighted by Gasteiger charge is -2.21. The van der Waals surface area contributed by atoms with Crippen molar-refractivity contribution in [1.29, 1.82) is 0 Å². The average Bonchev–Trinajstić information content (AvgIpc) is 2.53. The van der Waals surface area contributed by atoms with Gasteiger partial charge in [0.15, 0.2) is 0 Å². The highest BCUT2D eigenvalue weighted by Crippen LogP contribution is 2.31. The lowest BCUT2D eigenvalue weighted by molar-refractivity contribution is 0.200. The largest absolute Gasteiger partial charge is 0.497 e. The minimum Gasteiger partial charge on any atom is -0.497 e. The topological polar surface area (TPSA) is 39.7 Å². The van der Waals surface area contributed by atoms with Crippen LogP contribution in [0.2, 0.25) is 0 Å². The zero-order valence-corrected chi connectivity index (χ0v) is 14.3. The van der Waals surface area contributed by atoms with Crippen LogP contribution in [0.1, 0.15) is 24.9 Å². The van der Waals surface area contributed by atoms with Crippen molar-refractivity contribution in [2.24, 2.45) is 0 Å². The van der Waals surface area contributed by atoms with E-state index in [1.807, 2.05) is 23.9 Å². The summed E-state index contributed by atoms with van der Waals surface area (Å²) in [6.45, 7) is 3.86. The molecular weight excluding hydrogens is 286 g/mol. The lowest BCUT2D eigenvalue weighted by Crippen LogP contribution is -2.23. The summed E-state index contributed by atoms with van der Waals surface area (Å²) in [4.78, 5) is 0. The normalized spacial score (nSPS) is 12.2. The van der Waals surface area contributed by atoms with Crippen molar-refractivity contribution < 1.29 is 14.2 Å². The first-order valence-electron chi connectivity index (χ1n) is 7.28. The van der Waals surface area contributed by atoms with E-state index < -0.39 is 0 Å². The average molecular weight is 313 g/mol. The van der Waals surface area contributed by atoms with Crippen molar-refractivity contribution in [3.05, 3.63) is 23.8 Å². The Morgan fingerprint density at radius 3 is 2.62 bits per heavy atom. The first kappa shape index (κ1) is 18.1. The predicted molar refractivity (Wildman–Crippen MR) is 89.8 cm³/mol. The number of hydrogen-bond acceptors (Lipinski definition) is 5. The number of methoxy groups -OCH3 is 3. The van der Waals surface area contributed by atoms with Crippen LogP contribution >= 0.6 is 11.8 Å². The van der Waals surface area contributed by atoms with Gasteiger partial charge in [-0.3, -0.25) is 0 Å². The molecule has 1 N–H and O–H groups in total. The highest BCUT2D eigenvalue weighted by molar-refractivity contribution is 7.99. The Bertz CT molecular complexity index is 401. The smallest absolute Gasteiger partial charge is 0.123 e. The molecule has 0 aliphatic rings. The zero-order chi connectivity index (χ0) is 15.5. The van der Waals surface area contributed by atoms with Gasteiger partial charge in [0, 0.05) is 31.1 Å². The fraction of sp³-hybridized carbons (Fsp3) is 0.625. The van der Waals surface area contributed by atoms with Gasteiger partial charge in [0.05, 0.1) is 14.2 Å².